The van der Waals surface area contributed by atoms with E-state index in [1.807, 2.05) is 0 Å². The van der Waals surface area contributed by atoms with Crippen LogP contribution < -0.4 is 5.73 Å². The van der Waals surface area contributed by atoms with Gasteiger partial charge in [0.25, 0.3) is 0 Å². The lowest BCUT2D eigenvalue weighted by Gasteiger charge is -2.04. The van der Waals surface area contributed by atoms with Crippen molar-refractivity contribution in [1.29, 1.82) is 0 Å². The van der Waals surface area contributed by atoms with Crippen LogP contribution in [-0.2, 0) is 4.74 Å². The van der Waals surface area contributed by atoms with Crippen molar-refractivity contribution in [3.05, 3.63) is 0 Å². The molecule has 0 aliphatic rings. The van der Waals surface area contributed by atoms with Crippen LogP contribution >= 0.6 is 8.58 Å². The summed E-state index contributed by atoms with van der Waals surface area (Å²) in [5, 5.41) is 0. The Morgan fingerprint density at radius 1 is 0.778 bits per heavy atom. The normalized spacial score (nSPS) is 11.7. The summed E-state index contributed by atoms with van der Waals surface area (Å²) < 4.78 is 5.65. The van der Waals surface area contributed by atoms with E-state index in [2.05, 4.69) is 6.92 Å². The molecule has 0 saturated carbocycles. The monoisotopic (exact) mass is 275 g/mol. The van der Waals surface area contributed by atoms with Crippen molar-refractivity contribution in [2.24, 2.45) is 5.73 Å². The highest BCUT2D eigenvalue weighted by molar-refractivity contribution is 7.37. The SMILES string of the molecule is CCCCCCCCOCCCCPCCCN. The lowest BCUT2D eigenvalue weighted by atomic mass is 10.1. The topological polar surface area (TPSA) is 35.2 Å². The van der Waals surface area contributed by atoms with E-state index >= 15 is 0 Å². The molecule has 2 N–H and O–H groups in total. The van der Waals surface area contributed by atoms with Gasteiger partial charge in [0.1, 0.15) is 0 Å². The molecule has 0 aliphatic carbocycles. The minimum absolute atomic E-state index is 0.856. The maximum Gasteiger partial charge on any atom is 0.0466 e. The van der Waals surface area contributed by atoms with E-state index < -0.39 is 0 Å². The predicted octanol–water partition coefficient (Wildman–Crippen LogP) is 4.17. The first-order valence-corrected chi connectivity index (χ1v) is 9.31. The Morgan fingerprint density at radius 2 is 1.39 bits per heavy atom. The molecule has 0 aromatic heterocycles. The zero-order valence-electron chi connectivity index (χ0n) is 12.4. The van der Waals surface area contributed by atoms with Crippen LogP contribution in [0.5, 0.6) is 0 Å². The summed E-state index contributed by atoms with van der Waals surface area (Å²) in [4.78, 5) is 0. The molecule has 1 atom stereocenters. The second kappa shape index (κ2) is 17.4. The van der Waals surface area contributed by atoms with Gasteiger partial charge in [-0.05, 0) is 44.6 Å². The summed E-state index contributed by atoms with van der Waals surface area (Å²) in [6.45, 7) is 5.06. The van der Waals surface area contributed by atoms with Crippen molar-refractivity contribution in [1.82, 2.24) is 0 Å². The van der Waals surface area contributed by atoms with Crippen molar-refractivity contribution in [3.63, 3.8) is 0 Å². The molecule has 0 aliphatic heterocycles. The number of hydrogen-bond donors (Lipinski definition) is 1. The van der Waals surface area contributed by atoms with Crippen LogP contribution in [0.15, 0.2) is 0 Å². The first-order chi connectivity index (χ1) is 8.91. The van der Waals surface area contributed by atoms with Gasteiger partial charge in [0.05, 0.1) is 0 Å². The average Bonchev–Trinajstić information content (AvgIpc) is 2.39. The van der Waals surface area contributed by atoms with Gasteiger partial charge in [0, 0.05) is 13.2 Å². The zero-order chi connectivity index (χ0) is 13.3. The van der Waals surface area contributed by atoms with Gasteiger partial charge in [-0.15, -0.1) is 8.58 Å². The minimum atomic E-state index is 0.856. The third kappa shape index (κ3) is 16.4. The van der Waals surface area contributed by atoms with E-state index in [0.717, 1.165) is 28.3 Å². The van der Waals surface area contributed by atoms with E-state index in [9.17, 15) is 0 Å². The largest absolute Gasteiger partial charge is 0.381 e. The van der Waals surface area contributed by atoms with E-state index in [4.69, 9.17) is 10.5 Å². The molecule has 0 amide bonds. The first kappa shape index (κ1) is 18.4. The molecule has 2 nitrogen and oxygen atoms in total. The van der Waals surface area contributed by atoms with Crippen LogP contribution in [0.25, 0.3) is 0 Å². The Labute approximate surface area is 116 Å². The van der Waals surface area contributed by atoms with Crippen molar-refractivity contribution < 1.29 is 4.74 Å². The Balaban J connectivity index is 2.86. The molecule has 0 fully saturated rings. The maximum atomic E-state index is 5.65. The van der Waals surface area contributed by atoms with Crippen LogP contribution in [0.2, 0.25) is 0 Å². The van der Waals surface area contributed by atoms with E-state index in [-0.39, 0.29) is 0 Å². The molecule has 18 heavy (non-hydrogen) atoms. The van der Waals surface area contributed by atoms with Crippen LogP contribution in [0.1, 0.15) is 64.7 Å². The fourth-order valence-corrected chi connectivity index (χ4v) is 3.10. The minimum Gasteiger partial charge on any atom is -0.381 e. The summed E-state index contributed by atoms with van der Waals surface area (Å²) in [6, 6.07) is 0. The number of ether oxygens (including phenoxy) is 1. The van der Waals surface area contributed by atoms with Gasteiger partial charge in [0.15, 0.2) is 0 Å². The third-order valence-electron chi connectivity index (χ3n) is 3.09. The van der Waals surface area contributed by atoms with Gasteiger partial charge in [0.2, 0.25) is 0 Å². The number of nitrogens with two attached hydrogens (primary N) is 1. The van der Waals surface area contributed by atoms with E-state index in [1.54, 1.807) is 0 Å². The highest BCUT2D eigenvalue weighted by atomic mass is 31.1. The van der Waals surface area contributed by atoms with E-state index in [0.29, 0.717) is 0 Å². The molecular formula is C15H34NOP. The van der Waals surface area contributed by atoms with Crippen LogP contribution in [0.3, 0.4) is 0 Å². The van der Waals surface area contributed by atoms with Gasteiger partial charge in [-0.3, -0.25) is 0 Å². The Hall–Kier alpha value is 0.350. The van der Waals surface area contributed by atoms with Gasteiger partial charge in [-0.1, -0.05) is 39.0 Å². The lowest BCUT2D eigenvalue weighted by molar-refractivity contribution is 0.127. The Morgan fingerprint density at radius 3 is 2.11 bits per heavy atom. The van der Waals surface area contributed by atoms with Gasteiger partial charge >= 0.3 is 0 Å². The predicted molar refractivity (Wildman–Crippen MR) is 85.1 cm³/mol. The van der Waals surface area contributed by atoms with Crippen LogP contribution in [0.4, 0.5) is 0 Å². The third-order valence-corrected chi connectivity index (χ3v) is 4.51. The van der Waals surface area contributed by atoms with Crippen LogP contribution in [-0.4, -0.2) is 32.1 Å². The lowest BCUT2D eigenvalue weighted by Crippen LogP contribution is -2.00. The zero-order valence-corrected chi connectivity index (χ0v) is 13.4. The highest BCUT2D eigenvalue weighted by Gasteiger charge is 1.93. The molecular weight excluding hydrogens is 241 g/mol. The molecule has 0 bridgehead atoms. The molecule has 3 heteroatoms. The summed E-state index contributed by atoms with van der Waals surface area (Å²) in [7, 11) is 1.12. The molecule has 0 aromatic carbocycles. The average molecular weight is 275 g/mol. The highest BCUT2D eigenvalue weighted by Crippen LogP contribution is 2.13. The fourth-order valence-electron chi connectivity index (χ4n) is 1.89. The second-order valence-electron chi connectivity index (χ2n) is 4.98. The molecule has 0 aromatic rings. The summed E-state index contributed by atoms with van der Waals surface area (Å²) in [6.07, 6.45) is 14.6. The summed E-state index contributed by atoms with van der Waals surface area (Å²) in [5.74, 6) is 0. The van der Waals surface area contributed by atoms with E-state index in [1.165, 1.54) is 70.1 Å². The van der Waals surface area contributed by atoms with Crippen molar-refractivity contribution in [2.75, 3.05) is 32.1 Å². The van der Waals surface area contributed by atoms with Crippen molar-refractivity contribution in [2.45, 2.75) is 64.7 Å². The number of unbranched alkanes of at least 4 members (excludes halogenated alkanes) is 6. The molecule has 0 radical (unpaired) electrons. The van der Waals surface area contributed by atoms with Crippen LogP contribution in [0, 0.1) is 0 Å². The molecule has 110 valence electrons. The quantitative estimate of drug-likeness (QED) is 0.359. The summed E-state index contributed by atoms with van der Waals surface area (Å²) in [5.41, 5.74) is 5.46. The molecule has 0 rings (SSSR count). The maximum absolute atomic E-state index is 5.65. The number of rotatable bonds is 15. The Bertz CT molecular complexity index is 128. The molecule has 0 spiro atoms. The summed E-state index contributed by atoms with van der Waals surface area (Å²) >= 11 is 0. The standard InChI is InChI=1S/C15H34NOP/c1-2-3-4-5-6-7-12-17-13-8-9-14-18-15-10-11-16/h18H,2-16H2,1H3. The molecule has 1 unspecified atom stereocenters. The van der Waals surface area contributed by atoms with Crippen molar-refractivity contribution >= 4 is 8.58 Å². The first-order valence-electron chi connectivity index (χ1n) is 7.90. The second-order valence-corrected chi connectivity index (χ2v) is 6.48. The number of hydrogen-bond acceptors (Lipinski definition) is 2. The fraction of sp³-hybridized carbons (Fsp3) is 1.00. The Kier molecular flexibility index (Phi) is 17.7. The van der Waals surface area contributed by atoms with Gasteiger partial charge < -0.3 is 10.5 Å². The smallest absolute Gasteiger partial charge is 0.0466 e. The molecule has 0 heterocycles. The van der Waals surface area contributed by atoms with Gasteiger partial charge in [-0.2, -0.15) is 0 Å². The molecule has 0 saturated heterocycles. The van der Waals surface area contributed by atoms with Crippen molar-refractivity contribution in [3.8, 4) is 0 Å². The van der Waals surface area contributed by atoms with Gasteiger partial charge in [-0.25, -0.2) is 0 Å².